The van der Waals surface area contributed by atoms with Crippen LogP contribution in [0.1, 0.15) is 32.4 Å². The van der Waals surface area contributed by atoms with Crippen molar-refractivity contribution in [1.29, 1.82) is 0 Å². The molecule has 1 aromatic heterocycles. The van der Waals surface area contributed by atoms with E-state index in [1.54, 1.807) is 32.0 Å². The number of hydrogen-bond donors (Lipinski definition) is 2. The van der Waals surface area contributed by atoms with Crippen LogP contribution >= 0.6 is 0 Å². The Labute approximate surface area is 185 Å². The first-order chi connectivity index (χ1) is 15.2. The van der Waals surface area contributed by atoms with Crippen LogP contribution in [0.15, 0.2) is 59.4 Å². The van der Waals surface area contributed by atoms with Crippen LogP contribution in [0.3, 0.4) is 0 Å². The van der Waals surface area contributed by atoms with E-state index in [9.17, 15) is 18.8 Å². The highest BCUT2D eigenvalue weighted by Gasteiger charge is 2.19. The van der Waals surface area contributed by atoms with E-state index in [1.165, 1.54) is 31.2 Å². The summed E-state index contributed by atoms with van der Waals surface area (Å²) in [5.74, 6) is -1.43. The van der Waals surface area contributed by atoms with E-state index in [0.29, 0.717) is 16.9 Å². The molecule has 0 spiro atoms. The summed E-state index contributed by atoms with van der Waals surface area (Å²) in [7, 11) is 0. The molecular weight excluding hydrogens is 411 g/mol. The van der Waals surface area contributed by atoms with Crippen molar-refractivity contribution in [2.24, 2.45) is 5.92 Å². The van der Waals surface area contributed by atoms with E-state index < -0.39 is 23.3 Å². The molecule has 0 saturated heterocycles. The number of amides is 2. The van der Waals surface area contributed by atoms with Gasteiger partial charge in [-0.1, -0.05) is 38.1 Å². The van der Waals surface area contributed by atoms with Crippen LogP contribution in [-0.2, 0) is 9.59 Å². The summed E-state index contributed by atoms with van der Waals surface area (Å²) in [6.07, 6.45) is 0. The molecule has 7 nitrogen and oxygen atoms in total. The van der Waals surface area contributed by atoms with Gasteiger partial charge in [0.25, 0.3) is 5.56 Å². The first kappa shape index (κ1) is 22.9. The lowest BCUT2D eigenvalue weighted by Crippen LogP contribution is -2.33. The summed E-state index contributed by atoms with van der Waals surface area (Å²) >= 11 is 0. The SMILES string of the molecule is Cc1ccc(-c2ccc(=O)n(C(C)C(=O)Nc3ccccc3F)n2)cc1NC(=O)C(C)C. The van der Waals surface area contributed by atoms with Gasteiger partial charge in [-0.25, -0.2) is 9.07 Å². The summed E-state index contributed by atoms with van der Waals surface area (Å²) < 4.78 is 14.9. The Kier molecular flexibility index (Phi) is 6.82. The minimum atomic E-state index is -0.979. The lowest BCUT2D eigenvalue weighted by Gasteiger charge is -2.16. The number of rotatable bonds is 6. The maximum atomic E-state index is 13.9. The number of carbonyl (C=O) groups excluding carboxylic acids is 2. The molecule has 3 aromatic rings. The van der Waals surface area contributed by atoms with Crippen molar-refractivity contribution in [3.63, 3.8) is 0 Å². The Bertz CT molecular complexity index is 1220. The Morgan fingerprint density at radius 3 is 2.31 bits per heavy atom. The van der Waals surface area contributed by atoms with Crippen molar-refractivity contribution in [3.8, 4) is 11.3 Å². The normalized spacial score (nSPS) is 11.8. The number of nitrogens with one attached hydrogen (secondary N) is 2. The van der Waals surface area contributed by atoms with Crippen molar-refractivity contribution >= 4 is 23.2 Å². The highest BCUT2D eigenvalue weighted by atomic mass is 19.1. The van der Waals surface area contributed by atoms with E-state index >= 15 is 0 Å². The number of para-hydroxylation sites is 1. The van der Waals surface area contributed by atoms with E-state index in [-0.39, 0.29) is 17.5 Å². The van der Waals surface area contributed by atoms with Crippen LogP contribution in [0.4, 0.5) is 15.8 Å². The topological polar surface area (TPSA) is 93.1 Å². The Hall–Kier alpha value is -3.81. The molecule has 2 aromatic carbocycles. The van der Waals surface area contributed by atoms with Gasteiger partial charge >= 0.3 is 0 Å². The van der Waals surface area contributed by atoms with Gasteiger partial charge in [0.1, 0.15) is 11.9 Å². The Morgan fingerprint density at radius 2 is 1.62 bits per heavy atom. The lowest BCUT2D eigenvalue weighted by atomic mass is 10.1. The Morgan fingerprint density at radius 1 is 0.938 bits per heavy atom. The molecule has 1 heterocycles. The van der Waals surface area contributed by atoms with Crippen molar-refractivity contribution in [2.45, 2.75) is 33.7 Å². The van der Waals surface area contributed by atoms with Gasteiger partial charge in [-0.15, -0.1) is 0 Å². The number of aryl methyl sites for hydroxylation is 1. The van der Waals surface area contributed by atoms with Gasteiger partial charge in [0.2, 0.25) is 11.8 Å². The number of anilines is 2. The third kappa shape index (κ3) is 5.08. The van der Waals surface area contributed by atoms with Crippen LogP contribution < -0.4 is 16.2 Å². The fourth-order valence-electron chi connectivity index (χ4n) is 2.96. The number of carbonyl (C=O) groups is 2. The summed E-state index contributed by atoms with van der Waals surface area (Å²) in [6, 6.07) is 13.1. The summed E-state index contributed by atoms with van der Waals surface area (Å²) in [5.41, 5.74) is 2.21. The fourth-order valence-corrected chi connectivity index (χ4v) is 2.96. The number of nitrogens with zero attached hydrogens (tertiary/aromatic N) is 2. The molecule has 0 aliphatic heterocycles. The molecule has 166 valence electrons. The van der Waals surface area contributed by atoms with E-state index in [4.69, 9.17) is 0 Å². The number of halogens is 1. The second-order valence-electron chi connectivity index (χ2n) is 7.82. The number of benzene rings is 2. The molecule has 1 atom stereocenters. The second-order valence-corrected chi connectivity index (χ2v) is 7.82. The van der Waals surface area contributed by atoms with E-state index in [1.807, 2.05) is 19.1 Å². The van der Waals surface area contributed by atoms with E-state index in [0.717, 1.165) is 10.2 Å². The highest BCUT2D eigenvalue weighted by molar-refractivity contribution is 5.94. The molecule has 0 saturated carbocycles. The van der Waals surface area contributed by atoms with Crippen molar-refractivity contribution in [2.75, 3.05) is 10.6 Å². The monoisotopic (exact) mass is 436 g/mol. The van der Waals surface area contributed by atoms with Gasteiger partial charge < -0.3 is 10.6 Å². The predicted molar refractivity (Wildman–Crippen MR) is 122 cm³/mol. The largest absolute Gasteiger partial charge is 0.326 e. The molecular formula is C24H25FN4O3. The smallest absolute Gasteiger partial charge is 0.267 e. The first-order valence-corrected chi connectivity index (χ1v) is 10.2. The molecule has 0 radical (unpaired) electrons. The molecule has 2 N–H and O–H groups in total. The van der Waals surface area contributed by atoms with Crippen molar-refractivity contribution in [3.05, 3.63) is 76.3 Å². The predicted octanol–water partition coefficient (Wildman–Crippen LogP) is 4.15. The van der Waals surface area contributed by atoms with E-state index in [2.05, 4.69) is 15.7 Å². The van der Waals surface area contributed by atoms with Gasteiger partial charge in [-0.3, -0.25) is 14.4 Å². The van der Waals surface area contributed by atoms with Crippen LogP contribution in [0.5, 0.6) is 0 Å². The maximum Gasteiger partial charge on any atom is 0.267 e. The zero-order valence-corrected chi connectivity index (χ0v) is 18.3. The third-order valence-corrected chi connectivity index (χ3v) is 5.02. The standard InChI is InChI=1S/C24H25FN4O3/c1-14(2)23(31)27-21-13-17(10-9-15(21)3)19-11-12-22(30)29(28-19)16(4)24(32)26-20-8-6-5-7-18(20)25/h5-14,16H,1-4H3,(H,26,32)(H,27,31). The zero-order chi connectivity index (χ0) is 23.4. The molecule has 0 bridgehead atoms. The van der Waals surface area contributed by atoms with Gasteiger partial charge in [-0.2, -0.15) is 5.10 Å². The van der Waals surface area contributed by atoms with Crippen molar-refractivity contribution in [1.82, 2.24) is 9.78 Å². The molecule has 3 rings (SSSR count). The zero-order valence-electron chi connectivity index (χ0n) is 18.3. The second kappa shape index (κ2) is 9.55. The van der Waals surface area contributed by atoms with Crippen LogP contribution in [0, 0.1) is 18.7 Å². The molecule has 0 fully saturated rings. The van der Waals surface area contributed by atoms with Gasteiger partial charge in [0.15, 0.2) is 0 Å². The average Bonchev–Trinajstić information content (AvgIpc) is 2.76. The lowest BCUT2D eigenvalue weighted by molar-refractivity contribution is -0.119. The fraction of sp³-hybridized carbons (Fsp3) is 0.250. The molecule has 8 heteroatoms. The number of aromatic nitrogens is 2. The Balaban J connectivity index is 1.90. The minimum Gasteiger partial charge on any atom is -0.326 e. The van der Waals surface area contributed by atoms with Crippen molar-refractivity contribution < 1.29 is 14.0 Å². The molecule has 1 unspecified atom stereocenters. The quantitative estimate of drug-likeness (QED) is 0.607. The molecule has 0 aliphatic carbocycles. The third-order valence-electron chi connectivity index (χ3n) is 5.02. The summed E-state index contributed by atoms with van der Waals surface area (Å²) in [5, 5.41) is 9.72. The highest BCUT2D eigenvalue weighted by Crippen LogP contribution is 2.24. The molecule has 2 amide bonds. The van der Waals surface area contributed by atoms with Gasteiger partial charge in [0.05, 0.1) is 11.4 Å². The van der Waals surface area contributed by atoms with Crippen LogP contribution in [0.25, 0.3) is 11.3 Å². The molecule has 0 aliphatic rings. The first-order valence-electron chi connectivity index (χ1n) is 10.2. The average molecular weight is 436 g/mol. The summed E-state index contributed by atoms with van der Waals surface area (Å²) in [4.78, 5) is 37.1. The van der Waals surface area contributed by atoms with Gasteiger partial charge in [-0.05, 0) is 43.7 Å². The summed E-state index contributed by atoms with van der Waals surface area (Å²) in [6.45, 7) is 7.00. The van der Waals surface area contributed by atoms with Crippen LogP contribution in [0.2, 0.25) is 0 Å². The van der Waals surface area contributed by atoms with Crippen LogP contribution in [-0.4, -0.2) is 21.6 Å². The molecule has 32 heavy (non-hydrogen) atoms. The number of hydrogen-bond acceptors (Lipinski definition) is 4. The maximum absolute atomic E-state index is 13.9. The minimum absolute atomic E-state index is 0.0256. The van der Waals surface area contributed by atoms with Gasteiger partial charge in [0, 0.05) is 23.2 Å².